The minimum absolute atomic E-state index is 0.0518. The lowest BCUT2D eigenvalue weighted by Gasteiger charge is -2.52. The second-order valence-electron chi connectivity index (χ2n) is 8.27. The molecule has 1 spiro atoms. The fraction of sp³-hybridized carbons (Fsp3) is 0.722. The molecule has 1 N–H and O–H groups in total. The Morgan fingerprint density at radius 3 is 2.62 bits per heavy atom. The maximum atomic E-state index is 13.1. The summed E-state index contributed by atoms with van der Waals surface area (Å²) in [7, 11) is 1.49. The molecule has 3 saturated heterocycles. The Labute approximate surface area is 165 Å². The van der Waals surface area contributed by atoms with Gasteiger partial charge in [-0.15, -0.1) is 0 Å². The summed E-state index contributed by atoms with van der Waals surface area (Å²) in [5.41, 5.74) is -1.08. The van der Waals surface area contributed by atoms with Gasteiger partial charge in [-0.2, -0.15) is 18.3 Å². The number of piperidine rings is 1. The Bertz CT molecular complexity index is 795. The molecule has 0 aliphatic carbocycles. The zero-order chi connectivity index (χ0) is 20.8. The van der Waals surface area contributed by atoms with Crippen LogP contribution in [0.5, 0.6) is 0 Å². The summed E-state index contributed by atoms with van der Waals surface area (Å²) in [6, 6.07) is -0.0914. The number of halogens is 3. The molecule has 29 heavy (non-hydrogen) atoms. The molecule has 3 aliphatic heterocycles. The van der Waals surface area contributed by atoms with Gasteiger partial charge in [-0.3, -0.25) is 9.48 Å². The maximum absolute atomic E-state index is 13.1. The smallest absolute Gasteiger partial charge is 0.369 e. The molecule has 3 aliphatic rings. The van der Waals surface area contributed by atoms with Crippen molar-refractivity contribution in [3.8, 4) is 0 Å². The van der Waals surface area contributed by atoms with Crippen molar-refractivity contribution in [1.29, 1.82) is 0 Å². The number of carbonyl (C=O) groups excluding carboxylic acids is 2. The SMILES string of the molecule is Cn1cc(CC2CCN(C(=O)N3CC4(COCC(=O)N4)C3)CC2)c(C(F)(F)F)n1. The molecule has 4 heterocycles. The molecule has 0 aromatic carbocycles. The van der Waals surface area contributed by atoms with Crippen LogP contribution in [0.4, 0.5) is 18.0 Å². The average Bonchev–Trinajstić information content (AvgIpc) is 3.00. The van der Waals surface area contributed by atoms with E-state index >= 15 is 0 Å². The number of nitrogens with zero attached hydrogens (tertiary/aromatic N) is 4. The van der Waals surface area contributed by atoms with Crippen LogP contribution in [0.25, 0.3) is 0 Å². The molecule has 4 rings (SSSR count). The summed E-state index contributed by atoms with van der Waals surface area (Å²) in [5.74, 6) is -0.0871. The van der Waals surface area contributed by atoms with Gasteiger partial charge in [-0.1, -0.05) is 0 Å². The second kappa shape index (κ2) is 7.19. The van der Waals surface area contributed by atoms with Gasteiger partial charge in [0.1, 0.15) is 6.61 Å². The molecule has 8 nitrogen and oxygen atoms in total. The van der Waals surface area contributed by atoms with Crippen molar-refractivity contribution in [3.63, 3.8) is 0 Å². The summed E-state index contributed by atoms with van der Waals surface area (Å²) in [6.45, 7) is 2.31. The summed E-state index contributed by atoms with van der Waals surface area (Å²) in [4.78, 5) is 27.6. The number of aromatic nitrogens is 2. The lowest BCUT2D eigenvalue weighted by Crippen LogP contribution is -2.76. The van der Waals surface area contributed by atoms with Crippen LogP contribution in [0.2, 0.25) is 0 Å². The number of nitrogens with one attached hydrogen (secondary N) is 1. The van der Waals surface area contributed by atoms with E-state index in [1.807, 2.05) is 0 Å². The van der Waals surface area contributed by atoms with Gasteiger partial charge in [0.2, 0.25) is 5.91 Å². The fourth-order valence-electron chi connectivity index (χ4n) is 4.46. The Morgan fingerprint density at radius 2 is 2.00 bits per heavy atom. The van der Waals surface area contributed by atoms with Gasteiger partial charge in [-0.05, 0) is 25.2 Å². The number of morpholine rings is 1. The van der Waals surface area contributed by atoms with Gasteiger partial charge >= 0.3 is 12.2 Å². The number of aryl methyl sites for hydroxylation is 1. The molecule has 0 unspecified atom stereocenters. The van der Waals surface area contributed by atoms with Crippen LogP contribution in [0.1, 0.15) is 24.1 Å². The van der Waals surface area contributed by atoms with Gasteiger partial charge in [0.15, 0.2) is 5.69 Å². The molecular weight excluding hydrogens is 391 g/mol. The van der Waals surface area contributed by atoms with Crippen LogP contribution in [-0.4, -0.2) is 76.5 Å². The third kappa shape index (κ3) is 4.05. The van der Waals surface area contributed by atoms with E-state index in [4.69, 9.17) is 4.74 Å². The lowest BCUT2D eigenvalue weighted by atomic mass is 9.88. The van der Waals surface area contributed by atoms with Crippen molar-refractivity contribution in [2.24, 2.45) is 13.0 Å². The fourth-order valence-corrected chi connectivity index (χ4v) is 4.46. The second-order valence-corrected chi connectivity index (χ2v) is 8.27. The Morgan fingerprint density at radius 1 is 1.31 bits per heavy atom. The molecule has 3 fully saturated rings. The minimum Gasteiger partial charge on any atom is -0.369 e. The molecule has 0 atom stereocenters. The lowest BCUT2D eigenvalue weighted by molar-refractivity contribution is -0.142. The number of ether oxygens (including phenoxy) is 1. The van der Waals surface area contributed by atoms with E-state index in [9.17, 15) is 22.8 Å². The molecule has 1 aromatic rings. The quantitative estimate of drug-likeness (QED) is 0.782. The third-order valence-electron chi connectivity index (χ3n) is 5.84. The largest absolute Gasteiger partial charge is 0.435 e. The maximum Gasteiger partial charge on any atom is 0.435 e. The minimum atomic E-state index is -4.46. The van der Waals surface area contributed by atoms with E-state index < -0.39 is 17.4 Å². The van der Waals surface area contributed by atoms with Crippen LogP contribution in [0, 0.1) is 5.92 Å². The Balaban J connectivity index is 1.28. The van der Waals surface area contributed by atoms with Crippen molar-refractivity contribution in [1.82, 2.24) is 24.9 Å². The van der Waals surface area contributed by atoms with Gasteiger partial charge in [0.05, 0.1) is 12.1 Å². The van der Waals surface area contributed by atoms with Crippen molar-refractivity contribution in [2.45, 2.75) is 31.0 Å². The number of carbonyl (C=O) groups is 2. The highest BCUT2D eigenvalue weighted by atomic mass is 19.4. The summed E-state index contributed by atoms with van der Waals surface area (Å²) >= 11 is 0. The van der Waals surface area contributed by atoms with E-state index in [1.54, 1.807) is 9.80 Å². The highest BCUT2D eigenvalue weighted by Crippen LogP contribution is 2.33. The molecule has 0 saturated carbocycles. The van der Waals surface area contributed by atoms with E-state index in [0.29, 0.717) is 52.0 Å². The number of urea groups is 1. The number of likely N-dealkylation sites (tertiary alicyclic amines) is 2. The van der Waals surface area contributed by atoms with Crippen molar-refractivity contribution >= 4 is 11.9 Å². The van der Waals surface area contributed by atoms with Crippen LogP contribution in [0.15, 0.2) is 6.20 Å². The van der Waals surface area contributed by atoms with Gasteiger partial charge < -0.3 is 19.9 Å². The monoisotopic (exact) mass is 415 g/mol. The van der Waals surface area contributed by atoms with Gasteiger partial charge in [-0.25, -0.2) is 4.79 Å². The molecule has 0 bridgehead atoms. The zero-order valence-electron chi connectivity index (χ0n) is 16.2. The normalized spacial score (nSPS) is 22.6. The molecule has 11 heteroatoms. The van der Waals surface area contributed by atoms with E-state index in [0.717, 1.165) is 0 Å². The van der Waals surface area contributed by atoms with Gasteiger partial charge in [0.25, 0.3) is 0 Å². The first-order valence-electron chi connectivity index (χ1n) is 9.67. The third-order valence-corrected chi connectivity index (χ3v) is 5.84. The predicted octanol–water partition coefficient (Wildman–Crippen LogP) is 1.01. The van der Waals surface area contributed by atoms with Crippen LogP contribution < -0.4 is 5.32 Å². The Kier molecular flexibility index (Phi) is 4.96. The first-order valence-corrected chi connectivity index (χ1v) is 9.67. The number of amides is 3. The topological polar surface area (TPSA) is 79.7 Å². The number of alkyl halides is 3. The molecule has 0 radical (unpaired) electrons. The summed E-state index contributed by atoms with van der Waals surface area (Å²) < 4.78 is 45.8. The van der Waals surface area contributed by atoms with Crippen molar-refractivity contribution in [3.05, 3.63) is 17.5 Å². The van der Waals surface area contributed by atoms with Crippen LogP contribution in [-0.2, 0) is 29.2 Å². The van der Waals surface area contributed by atoms with E-state index in [2.05, 4.69) is 10.4 Å². The number of hydrogen-bond acceptors (Lipinski definition) is 4. The highest BCUT2D eigenvalue weighted by Gasteiger charge is 2.49. The van der Waals surface area contributed by atoms with Gasteiger partial charge in [0, 0.05) is 45.0 Å². The van der Waals surface area contributed by atoms with Crippen molar-refractivity contribution in [2.75, 3.05) is 39.4 Å². The Hall–Kier alpha value is -2.30. The summed E-state index contributed by atoms with van der Waals surface area (Å²) in [6.07, 6.45) is -1.42. The van der Waals surface area contributed by atoms with E-state index in [-0.39, 0.29) is 30.0 Å². The highest BCUT2D eigenvalue weighted by molar-refractivity contribution is 5.81. The average molecular weight is 415 g/mol. The van der Waals surface area contributed by atoms with E-state index in [1.165, 1.54) is 17.9 Å². The molecule has 160 valence electrons. The van der Waals surface area contributed by atoms with Crippen molar-refractivity contribution < 1.29 is 27.5 Å². The predicted molar refractivity (Wildman–Crippen MR) is 94.9 cm³/mol. The number of hydrogen-bond donors (Lipinski definition) is 1. The number of rotatable bonds is 2. The first kappa shape index (κ1) is 20.0. The van der Waals surface area contributed by atoms with Crippen LogP contribution in [0.3, 0.4) is 0 Å². The summed E-state index contributed by atoms with van der Waals surface area (Å²) in [5, 5.41) is 6.45. The molecule has 3 amide bonds. The molecule has 1 aromatic heterocycles. The molecular formula is C18H24F3N5O3. The zero-order valence-corrected chi connectivity index (χ0v) is 16.2. The first-order chi connectivity index (χ1) is 13.7. The standard InChI is InChI=1S/C18H24F3N5O3/c1-24-7-13(15(23-24)18(19,20)21)6-12-2-4-25(5-3-12)16(28)26-9-17(10-26)11-29-8-14(27)22-17/h7,12H,2-6,8-11H2,1H3,(H,22,27). The van der Waals surface area contributed by atoms with Crippen LogP contribution >= 0.6 is 0 Å².